The second-order valence-electron chi connectivity index (χ2n) is 3.84. The third-order valence-corrected chi connectivity index (χ3v) is 2.75. The molecule has 0 atom stereocenters. The second-order valence-corrected chi connectivity index (χ2v) is 5.59. The molecule has 0 amide bonds. The molecule has 1 aliphatic rings. The monoisotopic (exact) mass is 226 g/mol. The van der Waals surface area contributed by atoms with E-state index in [0.29, 0.717) is 11.7 Å². The van der Waals surface area contributed by atoms with Crippen molar-refractivity contribution in [2.45, 2.75) is 18.9 Å². The molecule has 0 bridgehead atoms. The molecule has 1 aliphatic carbocycles. The highest BCUT2D eigenvalue weighted by molar-refractivity contribution is 7.92. The van der Waals surface area contributed by atoms with Crippen LogP contribution in [0.25, 0.3) is 0 Å². The van der Waals surface area contributed by atoms with Crippen molar-refractivity contribution >= 4 is 21.4 Å². The van der Waals surface area contributed by atoms with Crippen molar-refractivity contribution in [3.05, 3.63) is 24.3 Å². The molecule has 1 saturated carbocycles. The number of sulfonamides is 1. The molecule has 2 rings (SSSR count). The lowest BCUT2D eigenvalue weighted by Crippen LogP contribution is -2.12. The number of hydrogen-bond acceptors (Lipinski definition) is 3. The smallest absolute Gasteiger partial charge is 0.229 e. The lowest BCUT2D eigenvalue weighted by Gasteiger charge is -2.11. The Hall–Kier alpha value is -1.23. The SMILES string of the molecule is CS(=O)(=O)Nc1ccccc1NC1CC1. The fraction of sp³-hybridized carbons (Fsp3) is 0.400. The number of hydrogen-bond donors (Lipinski definition) is 2. The summed E-state index contributed by atoms with van der Waals surface area (Å²) in [6.07, 6.45) is 3.47. The average molecular weight is 226 g/mol. The van der Waals surface area contributed by atoms with Crippen molar-refractivity contribution in [1.29, 1.82) is 0 Å². The highest BCUT2D eigenvalue weighted by Crippen LogP contribution is 2.29. The van der Waals surface area contributed by atoms with Crippen LogP contribution in [0.4, 0.5) is 11.4 Å². The minimum Gasteiger partial charge on any atom is -0.381 e. The first-order chi connectivity index (χ1) is 7.04. The van der Waals surface area contributed by atoms with Crippen LogP contribution in [-0.2, 0) is 10.0 Å². The number of nitrogens with one attached hydrogen (secondary N) is 2. The second kappa shape index (κ2) is 3.73. The third-order valence-electron chi connectivity index (χ3n) is 2.16. The van der Waals surface area contributed by atoms with Gasteiger partial charge in [-0.15, -0.1) is 0 Å². The summed E-state index contributed by atoms with van der Waals surface area (Å²) in [6, 6.07) is 7.84. The van der Waals surface area contributed by atoms with Crippen LogP contribution in [0, 0.1) is 0 Å². The van der Waals surface area contributed by atoms with Gasteiger partial charge in [0.25, 0.3) is 0 Å². The van der Waals surface area contributed by atoms with Crippen molar-refractivity contribution in [1.82, 2.24) is 0 Å². The van der Waals surface area contributed by atoms with Crippen LogP contribution in [-0.4, -0.2) is 20.7 Å². The Morgan fingerprint density at radius 2 is 1.80 bits per heavy atom. The lowest BCUT2D eigenvalue weighted by molar-refractivity contribution is 0.607. The van der Waals surface area contributed by atoms with Gasteiger partial charge in [-0.1, -0.05) is 12.1 Å². The molecule has 0 aromatic heterocycles. The zero-order valence-corrected chi connectivity index (χ0v) is 9.34. The maximum absolute atomic E-state index is 11.1. The summed E-state index contributed by atoms with van der Waals surface area (Å²) in [5, 5.41) is 3.28. The first-order valence-electron chi connectivity index (χ1n) is 4.88. The maximum Gasteiger partial charge on any atom is 0.229 e. The minimum absolute atomic E-state index is 0.507. The predicted molar refractivity (Wildman–Crippen MR) is 61.6 cm³/mol. The van der Waals surface area contributed by atoms with Crippen LogP contribution in [0.2, 0.25) is 0 Å². The van der Waals surface area contributed by atoms with Crippen LogP contribution in [0.1, 0.15) is 12.8 Å². The molecule has 82 valence electrons. The van der Waals surface area contributed by atoms with E-state index in [1.54, 1.807) is 6.07 Å². The average Bonchev–Trinajstić information content (AvgIpc) is 2.89. The zero-order valence-electron chi connectivity index (χ0n) is 8.53. The fourth-order valence-corrected chi connectivity index (χ4v) is 1.92. The topological polar surface area (TPSA) is 58.2 Å². The number of benzene rings is 1. The molecule has 0 heterocycles. The molecule has 2 N–H and O–H groups in total. The van der Waals surface area contributed by atoms with E-state index in [9.17, 15) is 8.42 Å². The van der Waals surface area contributed by atoms with E-state index < -0.39 is 10.0 Å². The summed E-state index contributed by atoms with van der Waals surface area (Å²) >= 11 is 0. The standard InChI is InChI=1S/C10H14N2O2S/c1-15(13,14)12-10-5-3-2-4-9(10)11-8-6-7-8/h2-5,8,11-12H,6-7H2,1H3. The Morgan fingerprint density at radius 1 is 1.20 bits per heavy atom. The number of anilines is 2. The van der Waals surface area contributed by atoms with Gasteiger partial charge in [0.2, 0.25) is 10.0 Å². The number of rotatable bonds is 4. The first-order valence-corrected chi connectivity index (χ1v) is 6.77. The highest BCUT2D eigenvalue weighted by Gasteiger charge is 2.22. The normalized spacial score (nSPS) is 16.1. The van der Waals surface area contributed by atoms with E-state index in [1.165, 1.54) is 0 Å². The third kappa shape index (κ3) is 3.13. The van der Waals surface area contributed by atoms with Gasteiger partial charge >= 0.3 is 0 Å². The van der Waals surface area contributed by atoms with Gasteiger partial charge in [-0.25, -0.2) is 8.42 Å². The molecule has 5 heteroatoms. The summed E-state index contributed by atoms with van der Waals surface area (Å²) < 4.78 is 24.7. The van der Waals surface area contributed by atoms with E-state index in [2.05, 4.69) is 10.0 Å². The lowest BCUT2D eigenvalue weighted by atomic mass is 10.3. The summed E-state index contributed by atoms with van der Waals surface area (Å²) in [4.78, 5) is 0. The molecule has 1 fully saturated rings. The molecule has 15 heavy (non-hydrogen) atoms. The summed E-state index contributed by atoms with van der Waals surface area (Å²) in [6.45, 7) is 0. The Labute approximate surface area is 89.7 Å². The molecule has 1 aromatic rings. The molecule has 0 aliphatic heterocycles. The van der Waals surface area contributed by atoms with Crippen LogP contribution < -0.4 is 10.0 Å². The van der Waals surface area contributed by atoms with Gasteiger partial charge in [-0.2, -0.15) is 0 Å². The largest absolute Gasteiger partial charge is 0.381 e. The van der Waals surface area contributed by atoms with Gasteiger partial charge in [-0.3, -0.25) is 4.72 Å². The van der Waals surface area contributed by atoms with E-state index >= 15 is 0 Å². The Kier molecular flexibility index (Phi) is 2.56. The minimum atomic E-state index is -3.21. The molecule has 0 saturated heterocycles. The molecular weight excluding hydrogens is 212 g/mol. The van der Waals surface area contributed by atoms with E-state index in [4.69, 9.17) is 0 Å². The van der Waals surface area contributed by atoms with Crippen LogP contribution in [0.5, 0.6) is 0 Å². The van der Waals surface area contributed by atoms with Crippen molar-refractivity contribution in [2.75, 3.05) is 16.3 Å². The highest BCUT2D eigenvalue weighted by atomic mass is 32.2. The van der Waals surface area contributed by atoms with Gasteiger partial charge in [-0.05, 0) is 25.0 Å². The van der Waals surface area contributed by atoms with Crippen molar-refractivity contribution in [3.63, 3.8) is 0 Å². The van der Waals surface area contributed by atoms with Crippen LogP contribution in [0.15, 0.2) is 24.3 Å². The van der Waals surface area contributed by atoms with Gasteiger partial charge in [0.15, 0.2) is 0 Å². The molecule has 4 nitrogen and oxygen atoms in total. The molecule has 0 radical (unpaired) electrons. The molecular formula is C10H14N2O2S. The van der Waals surface area contributed by atoms with Gasteiger partial charge in [0, 0.05) is 6.04 Å². The van der Waals surface area contributed by atoms with Crippen LogP contribution >= 0.6 is 0 Å². The van der Waals surface area contributed by atoms with Crippen molar-refractivity contribution < 1.29 is 8.42 Å². The Balaban J connectivity index is 2.20. The number of para-hydroxylation sites is 2. The van der Waals surface area contributed by atoms with Gasteiger partial charge in [0.05, 0.1) is 17.6 Å². The van der Waals surface area contributed by atoms with Crippen LogP contribution in [0.3, 0.4) is 0 Å². The summed E-state index contributed by atoms with van der Waals surface area (Å²) in [5.74, 6) is 0. The zero-order chi connectivity index (χ0) is 10.9. The van der Waals surface area contributed by atoms with E-state index in [-0.39, 0.29) is 0 Å². The maximum atomic E-state index is 11.1. The van der Waals surface area contributed by atoms with E-state index in [1.807, 2.05) is 18.2 Å². The summed E-state index contributed by atoms with van der Waals surface area (Å²) in [5.41, 5.74) is 1.47. The van der Waals surface area contributed by atoms with Crippen molar-refractivity contribution in [2.24, 2.45) is 0 Å². The quantitative estimate of drug-likeness (QED) is 0.820. The summed E-state index contributed by atoms with van der Waals surface area (Å²) in [7, 11) is -3.21. The van der Waals surface area contributed by atoms with Gasteiger partial charge < -0.3 is 5.32 Å². The molecule has 0 unspecified atom stereocenters. The first kappa shape index (κ1) is 10.3. The van der Waals surface area contributed by atoms with Crippen molar-refractivity contribution in [3.8, 4) is 0 Å². The fourth-order valence-electron chi connectivity index (χ4n) is 1.35. The molecule has 0 spiro atoms. The van der Waals surface area contributed by atoms with Gasteiger partial charge in [0.1, 0.15) is 0 Å². The Morgan fingerprint density at radius 3 is 2.33 bits per heavy atom. The Bertz CT molecular complexity index is 452. The molecule has 1 aromatic carbocycles. The predicted octanol–water partition coefficient (Wildman–Crippen LogP) is 1.63. The van der Waals surface area contributed by atoms with E-state index in [0.717, 1.165) is 24.8 Å².